The Bertz CT molecular complexity index is 1280. The monoisotopic (exact) mass is 520 g/mol. The highest BCUT2D eigenvalue weighted by molar-refractivity contribution is 5.92. The highest BCUT2D eigenvalue weighted by Crippen LogP contribution is 2.52. The minimum absolute atomic E-state index is 0.102. The van der Waals surface area contributed by atoms with Crippen LogP contribution in [-0.4, -0.2) is 51.3 Å². The van der Waals surface area contributed by atoms with Crippen molar-refractivity contribution in [2.75, 3.05) is 19.6 Å². The fourth-order valence-electron chi connectivity index (χ4n) is 5.25. The van der Waals surface area contributed by atoms with Crippen LogP contribution < -0.4 is 4.74 Å². The van der Waals surface area contributed by atoms with Crippen molar-refractivity contribution >= 4 is 5.91 Å². The molecule has 1 amide bonds. The summed E-state index contributed by atoms with van der Waals surface area (Å²) < 4.78 is 70.9. The topological polar surface area (TPSA) is 50.6 Å². The average molecular weight is 521 g/mol. The van der Waals surface area contributed by atoms with Gasteiger partial charge >= 0.3 is 6.36 Å². The van der Waals surface area contributed by atoms with Gasteiger partial charge in [0, 0.05) is 57.6 Å². The van der Waals surface area contributed by atoms with Crippen LogP contribution in [0.25, 0.3) is 0 Å². The van der Waals surface area contributed by atoms with Gasteiger partial charge in [0.1, 0.15) is 23.1 Å². The first-order chi connectivity index (χ1) is 17.6. The molecule has 1 aliphatic carbocycles. The lowest BCUT2D eigenvalue weighted by Gasteiger charge is -2.25. The van der Waals surface area contributed by atoms with Crippen molar-refractivity contribution in [3.63, 3.8) is 0 Å². The standard InChI is InChI=1S/C26H25F5N4O2/c1-33-14-24(32-15-33)25(36)35(9-16-3-2-4-19(7-16)37-26(29,30)31)13-22-20-11-34(12-21(20)22)10-17-5-6-18(27)8-23(17)28/h2-8,14-15,20-22H,9-13H2,1H3. The molecule has 11 heteroatoms. The summed E-state index contributed by atoms with van der Waals surface area (Å²) in [4.78, 5) is 21.2. The van der Waals surface area contributed by atoms with Crippen LogP contribution in [0.3, 0.4) is 0 Å². The van der Waals surface area contributed by atoms with Crippen molar-refractivity contribution < 1.29 is 31.5 Å². The Morgan fingerprint density at radius 1 is 1.14 bits per heavy atom. The van der Waals surface area contributed by atoms with Crippen LogP contribution in [0.15, 0.2) is 55.0 Å². The van der Waals surface area contributed by atoms with Crippen molar-refractivity contribution in [3.8, 4) is 5.75 Å². The Morgan fingerprint density at radius 3 is 2.54 bits per heavy atom. The predicted molar refractivity (Wildman–Crippen MR) is 123 cm³/mol. The van der Waals surface area contributed by atoms with Gasteiger partial charge in [-0.05, 0) is 41.5 Å². The van der Waals surface area contributed by atoms with Gasteiger partial charge in [-0.2, -0.15) is 0 Å². The molecule has 1 aliphatic heterocycles. The zero-order valence-corrected chi connectivity index (χ0v) is 20.0. The van der Waals surface area contributed by atoms with Gasteiger partial charge in [-0.25, -0.2) is 13.8 Å². The minimum atomic E-state index is -4.81. The SMILES string of the molecule is Cn1cnc(C(=O)N(Cc2cccc(OC(F)(F)F)c2)CC2C3CN(Cc4ccc(F)cc4F)CC32)c1. The number of imidazole rings is 1. The van der Waals surface area contributed by atoms with Crippen molar-refractivity contribution in [2.45, 2.75) is 19.5 Å². The van der Waals surface area contributed by atoms with Crippen LogP contribution in [0.4, 0.5) is 22.0 Å². The third-order valence-corrected chi connectivity index (χ3v) is 7.00. The van der Waals surface area contributed by atoms with Crippen LogP contribution in [-0.2, 0) is 20.1 Å². The average Bonchev–Trinajstić information content (AvgIpc) is 3.14. The second kappa shape index (κ2) is 9.77. The number of likely N-dealkylation sites (tertiary alicyclic amines) is 1. The number of fused-ring (bicyclic) bond motifs is 1. The van der Waals surface area contributed by atoms with Crippen LogP contribution in [0.1, 0.15) is 21.6 Å². The lowest BCUT2D eigenvalue weighted by Crippen LogP contribution is -2.35. The molecule has 2 unspecified atom stereocenters. The van der Waals surface area contributed by atoms with E-state index in [2.05, 4.69) is 14.6 Å². The highest BCUT2D eigenvalue weighted by Gasteiger charge is 2.56. The number of nitrogens with zero attached hydrogens (tertiary/aromatic N) is 4. The fourth-order valence-corrected chi connectivity index (χ4v) is 5.25. The molecule has 196 valence electrons. The van der Waals surface area contributed by atoms with Gasteiger partial charge in [-0.3, -0.25) is 9.69 Å². The highest BCUT2D eigenvalue weighted by atomic mass is 19.4. The number of rotatable bonds is 8. The lowest BCUT2D eigenvalue weighted by molar-refractivity contribution is -0.274. The first-order valence-electron chi connectivity index (χ1n) is 11.8. The molecule has 3 aromatic rings. The van der Waals surface area contributed by atoms with E-state index < -0.39 is 18.0 Å². The summed E-state index contributed by atoms with van der Waals surface area (Å²) in [6.45, 7) is 2.37. The third kappa shape index (κ3) is 5.93. The fraction of sp³-hybridized carbons (Fsp3) is 0.385. The molecule has 0 N–H and O–H groups in total. The Morgan fingerprint density at radius 2 is 1.89 bits per heavy atom. The number of amides is 1. The van der Waals surface area contributed by atoms with E-state index in [0.29, 0.717) is 36.1 Å². The quantitative estimate of drug-likeness (QED) is 0.407. The number of aromatic nitrogens is 2. The third-order valence-electron chi connectivity index (χ3n) is 7.00. The van der Waals surface area contributed by atoms with Crippen molar-refractivity contribution in [1.82, 2.24) is 19.4 Å². The van der Waals surface area contributed by atoms with Crippen molar-refractivity contribution in [1.29, 1.82) is 0 Å². The van der Waals surface area contributed by atoms with E-state index in [1.807, 2.05) is 0 Å². The van der Waals surface area contributed by atoms with Crippen LogP contribution in [0, 0.1) is 29.4 Å². The number of hydrogen-bond donors (Lipinski definition) is 0. The van der Waals surface area contributed by atoms with E-state index >= 15 is 0 Å². The summed E-state index contributed by atoms with van der Waals surface area (Å²) >= 11 is 0. The smallest absolute Gasteiger partial charge is 0.406 e. The molecular weight excluding hydrogens is 495 g/mol. The Kier molecular flexibility index (Phi) is 6.65. The maximum Gasteiger partial charge on any atom is 0.573 e. The lowest BCUT2D eigenvalue weighted by atomic mass is 10.1. The zero-order valence-electron chi connectivity index (χ0n) is 20.0. The second-order valence-electron chi connectivity index (χ2n) is 9.73. The van der Waals surface area contributed by atoms with E-state index in [-0.39, 0.29) is 29.8 Å². The summed E-state index contributed by atoms with van der Waals surface area (Å²) in [6.07, 6.45) is -1.69. The number of carbonyl (C=O) groups is 1. The molecule has 2 aromatic carbocycles. The zero-order chi connectivity index (χ0) is 26.3. The van der Waals surface area contributed by atoms with Crippen LogP contribution in [0.2, 0.25) is 0 Å². The maximum absolute atomic E-state index is 14.0. The van der Waals surface area contributed by atoms with Crippen LogP contribution >= 0.6 is 0 Å². The maximum atomic E-state index is 14.0. The molecule has 2 aliphatic rings. The number of halogens is 5. The number of ether oxygens (including phenoxy) is 1. The Labute approximate surface area is 210 Å². The second-order valence-corrected chi connectivity index (χ2v) is 9.73. The van der Waals surface area contributed by atoms with E-state index in [1.165, 1.54) is 36.7 Å². The number of aryl methyl sites for hydroxylation is 1. The molecule has 1 aromatic heterocycles. The van der Waals surface area contributed by atoms with Gasteiger partial charge in [-0.15, -0.1) is 13.2 Å². The van der Waals surface area contributed by atoms with Gasteiger partial charge < -0.3 is 14.2 Å². The predicted octanol–water partition coefficient (Wildman–Crippen LogP) is 4.62. The molecule has 2 atom stereocenters. The Hall–Kier alpha value is -3.47. The molecule has 37 heavy (non-hydrogen) atoms. The normalized spacial score (nSPS) is 21.1. The minimum Gasteiger partial charge on any atom is -0.406 e. The molecule has 0 radical (unpaired) electrons. The summed E-state index contributed by atoms with van der Waals surface area (Å²) in [5.74, 6) is -0.971. The van der Waals surface area contributed by atoms with Gasteiger partial charge in [0.2, 0.25) is 0 Å². The Balaban J connectivity index is 1.26. The molecule has 0 bridgehead atoms. The molecular formula is C26H25F5N4O2. The summed E-state index contributed by atoms with van der Waals surface area (Å²) in [6, 6.07) is 9.17. The molecule has 5 rings (SSSR count). The molecule has 0 spiro atoms. The number of piperidine rings is 1. The van der Waals surface area contributed by atoms with Crippen LogP contribution in [0.5, 0.6) is 5.75 Å². The number of alkyl halides is 3. The summed E-state index contributed by atoms with van der Waals surface area (Å²) in [5.41, 5.74) is 1.20. The molecule has 6 nitrogen and oxygen atoms in total. The largest absolute Gasteiger partial charge is 0.573 e. The number of hydrogen-bond acceptors (Lipinski definition) is 4. The van der Waals surface area contributed by atoms with E-state index in [9.17, 15) is 26.7 Å². The van der Waals surface area contributed by atoms with Crippen molar-refractivity contribution in [3.05, 3.63) is 83.4 Å². The van der Waals surface area contributed by atoms with Gasteiger partial charge in [-0.1, -0.05) is 18.2 Å². The molecule has 1 saturated carbocycles. The van der Waals surface area contributed by atoms with Gasteiger partial charge in [0.25, 0.3) is 5.91 Å². The molecule has 2 heterocycles. The van der Waals surface area contributed by atoms with Gasteiger partial charge in [0.05, 0.1) is 6.33 Å². The van der Waals surface area contributed by atoms with E-state index in [1.54, 1.807) is 28.8 Å². The summed E-state index contributed by atoms with van der Waals surface area (Å²) in [7, 11) is 1.75. The van der Waals surface area contributed by atoms with E-state index in [0.717, 1.165) is 19.2 Å². The van der Waals surface area contributed by atoms with Gasteiger partial charge in [0.15, 0.2) is 0 Å². The number of carbonyl (C=O) groups excluding carboxylic acids is 1. The number of benzene rings is 2. The molecule has 2 fully saturated rings. The first kappa shape index (κ1) is 25.2. The first-order valence-corrected chi connectivity index (χ1v) is 11.8. The van der Waals surface area contributed by atoms with E-state index in [4.69, 9.17) is 0 Å². The van der Waals surface area contributed by atoms with Crippen molar-refractivity contribution in [2.24, 2.45) is 24.8 Å². The molecule has 1 saturated heterocycles. The summed E-state index contributed by atoms with van der Waals surface area (Å²) in [5, 5.41) is 0.